The number of hydrogen-bond donors (Lipinski definition) is 1. The summed E-state index contributed by atoms with van der Waals surface area (Å²) in [6, 6.07) is 7.83. The van der Waals surface area contributed by atoms with Gasteiger partial charge in [0.25, 0.3) is 5.56 Å². The molecule has 0 radical (unpaired) electrons. The first-order valence-electron chi connectivity index (χ1n) is 8.96. The molecule has 136 valence electrons. The van der Waals surface area contributed by atoms with E-state index in [2.05, 4.69) is 16.8 Å². The molecule has 0 bridgehead atoms. The maximum atomic E-state index is 12.7. The van der Waals surface area contributed by atoms with Crippen molar-refractivity contribution in [3.63, 3.8) is 0 Å². The van der Waals surface area contributed by atoms with Crippen LogP contribution in [0.2, 0.25) is 5.02 Å². The van der Waals surface area contributed by atoms with Crippen LogP contribution < -0.4 is 5.56 Å². The van der Waals surface area contributed by atoms with Crippen molar-refractivity contribution in [2.24, 2.45) is 5.92 Å². The Kier molecular flexibility index (Phi) is 4.86. The number of H-pyrrole nitrogens is 1. The minimum Gasteiger partial charge on any atom is -0.309 e. The van der Waals surface area contributed by atoms with E-state index in [9.17, 15) is 4.79 Å². The zero-order valence-electron chi connectivity index (χ0n) is 15.0. The fourth-order valence-electron chi connectivity index (χ4n) is 3.70. The molecule has 1 N–H and O–H groups in total. The highest BCUT2D eigenvalue weighted by molar-refractivity contribution is 7.18. The average Bonchev–Trinajstić information content (AvgIpc) is 2.94. The van der Waals surface area contributed by atoms with Crippen LogP contribution >= 0.6 is 22.9 Å². The van der Waals surface area contributed by atoms with Crippen molar-refractivity contribution < 1.29 is 0 Å². The lowest BCUT2D eigenvalue weighted by molar-refractivity contribution is 0.311. The molecule has 4 nitrogen and oxygen atoms in total. The Morgan fingerprint density at radius 2 is 2.15 bits per heavy atom. The number of aryl methyl sites for hydroxylation is 1. The smallest absolute Gasteiger partial charge is 0.259 e. The summed E-state index contributed by atoms with van der Waals surface area (Å²) in [6.07, 6.45) is 3.21. The van der Waals surface area contributed by atoms with Crippen LogP contribution in [0.3, 0.4) is 0 Å². The molecule has 0 saturated heterocycles. The number of thiophene rings is 1. The molecule has 6 heteroatoms. The van der Waals surface area contributed by atoms with Gasteiger partial charge in [0.15, 0.2) is 0 Å². The van der Waals surface area contributed by atoms with Crippen molar-refractivity contribution in [3.8, 4) is 0 Å². The Morgan fingerprint density at radius 3 is 2.96 bits per heavy atom. The highest BCUT2D eigenvalue weighted by Crippen LogP contribution is 2.35. The summed E-state index contributed by atoms with van der Waals surface area (Å²) in [5.74, 6) is 1.40. The molecule has 0 saturated carbocycles. The van der Waals surface area contributed by atoms with E-state index < -0.39 is 0 Å². The van der Waals surface area contributed by atoms with E-state index in [0.717, 1.165) is 40.1 Å². The van der Waals surface area contributed by atoms with Gasteiger partial charge in [-0.1, -0.05) is 36.7 Å². The standard InChI is InChI=1S/C20H22ClN3OS/c1-12-7-8-14-16(9-12)26-20-18(14)19(25)22-17(23-20)11-24(2)10-13-5-3-4-6-15(13)21/h3-6,12H,7-11H2,1-2H3,(H,22,23,25)/t12-/m1/s1. The lowest BCUT2D eigenvalue weighted by Gasteiger charge is -2.17. The number of aromatic nitrogens is 2. The third-order valence-electron chi connectivity index (χ3n) is 5.03. The molecule has 1 aliphatic carbocycles. The first kappa shape index (κ1) is 17.7. The van der Waals surface area contributed by atoms with Gasteiger partial charge in [0, 0.05) is 16.4 Å². The molecule has 1 aromatic carbocycles. The molecular formula is C20H22ClN3OS. The predicted octanol–water partition coefficient (Wildman–Crippen LogP) is 4.39. The second-order valence-corrected chi connectivity index (χ2v) is 8.80. The van der Waals surface area contributed by atoms with Crippen LogP contribution in [0, 0.1) is 5.92 Å². The number of nitrogens with zero attached hydrogens (tertiary/aromatic N) is 2. The van der Waals surface area contributed by atoms with Gasteiger partial charge in [-0.05, 0) is 49.4 Å². The van der Waals surface area contributed by atoms with E-state index in [4.69, 9.17) is 16.6 Å². The molecule has 0 fully saturated rings. The summed E-state index contributed by atoms with van der Waals surface area (Å²) in [5.41, 5.74) is 2.30. The molecule has 3 aromatic rings. The summed E-state index contributed by atoms with van der Waals surface area (Å²) in [7, 11) is 2.01. The second kappa shape index (κ2) is 7.14. The van der Waals surface area contributed by atoms with Crippen LogP contribution in [0.15, 0.2) is 29.1 Å². The molecule has 0 amide bonds. The summed E-state index contributed by atoms with van der Waals surface area (Å²) >= 11 is 7.94. The maximum absolute atomic E-state index is 12.7. The fourth-order valence-corrected chi connectivity index (χ4v) is 5.30. The third kappa shape index (κ3) is 3.43. The number of fused-ring (bicyclic) bond motifs is 3. The van der Waals surface area contributed by atoms with E-state index in [1.165, 1.54) is 10.4 Å². The van der Waals surface area contributed by atoms with Crippen LogP contribution in [-0.4, -0.2) is 21.9 Å². The third-order valence-corrected chi connectivity index (χ3v) is 6.55. The Morgan fingerprint density at radius 1 is 1.35 bits per heavy atom. The van der Waals surface area contributed by atoms with Gasteiger partial charge in [0.05, 0.1) is 11.9 Å². The van der Waals surface area contributed by atoms with E-state index >= 15 is 0 Å². The number of benzene rings is 1. The zero-order chi connectivity index (χ0) is 18.3. The molecule has 1 atom stereocenters. The van der Waals surface area contributed by atoms with E-state index in [-0.39, 0.29) is 5.56 Å². The maximum Gasteiger partial charge on any atom is 0.259 e. The van der Waals surface area contributed by atoms with Crippen molar-refractivity contribution in [1.29, 1.82) is 0 Å². The van der Waals surface area contributed by atoms with Gasteiger partial charge >= 0.3 is 0 Å². The second-order valence-electron chi connectivity index (χ2n) is 7.31. The van der Waals surface area contributed by atoms with Crippen molar-refractivity contribution in [3.05, 3.63) is 61.5 Å². The van der Waals surface area contributed by atoms with Crippen molar-refractivity contribution in [2.45, 2.75) is 39.3 Å². The Hall–Kier alpha value is -1.69. The SMILES string of the molecule is C[C@@H]1CCc2c(sc3nc(CN(C)Cc4ccccc4Cl)[nH]c(=O)c23)C1. The van der Waals surface area contributed by atoms with Gasteiger partial charge < -0.3 is 4.98 Å². The van der Waals surface area contributed by atoms with Gasteiger partial charge in [-0.15, -0.1) is 11.3 Å². The Balaban J connectivity index is 1.59. The minimum atomic E-state index is 0.00296. The van der Waals surface area contributed by atoms with Crippen LogP contribution in [0.5, 0.6) is 0 Å². The van der Waals surface area contributed by atoms with Gasteiger partial charge in [0.2, 0.25) is 0 Å². The number of halogens is 1. The molecular weight excluding hydrogens is 366 g/mol. The summed E-state index contributed by atoms with van der Waals surface area (Å²) in [6.45, 7) is 3.56. The van der Waals surface area contributed by atoms with E-state index in [1.807, 2.05) is 31.3 Å². The van der Waals surface area contributed by atoms with E-state index in [1.54, 1.807) is 11.3 Å². The molecule has 2 heterocycles. The molecule has 0 aliphatic heterocycles. The Bertz CT molecular complexity index is 1010. The quantitative estimate of drug-likeness (QED) is 0.722. The van der Waals surface area contributed by atoms with Crippen molar-refractivity contribution in [1.82, 2.24) is 14.9 Å². The largest absolute Gasteiger partial charge is 0.309 e. The molecule has 1 aliphatic rings. The molecule has 0 unspecified atom stereocenters. The number of aromatic amines is 1. The fraction of sp³-hybridized carbons (Fsp3) is 0.400. The van der Waals surface area contributed by atoms with Gasteiger partial charge in [-0.25, -0.2) is 4.98 Å². The van der Waals surface area contributed by atoms with Crippen LogP contribution in [-0.2, 0) is 25.9 Å². The zero-order valence-corrected chi connectivity index (χ0v) is 16.6. The first-order chi connectivity index (χ1) is 12.5. The first-order valence-corrected chi connectivity index (χ1v) is 10.2. The molecule has 2 aromatic heterocycles. The van der Waals surface area contributed by atoms with Gasteiger partial charge in [-0.3, -0.25) is 9.69 Å². The van der Waals surface area contributed by atoms with Crippen molar-refractivity contribution in [2.75, 3.05) is 7.05 Å². The summed E-state index contributed by atoms with van der Waals surface area (Å²) < 4.78 is 0. The number of nitrogens with one attached hydrogen (secondary N) is 1. The number of rotatable bonds is 4. The average molecular weight is 388 g/mol. The minimum absolute atomic E-state index is 0.00296. The van der Waals surface area contributed by atoms with Gasteiger partial charge in [0.1, 0.15) is 10.7 Å². The lowest BCUT2D eigenvalue weighted by atomic mass is 9.89. The van der Waals surface area contributed by atoms with E-state index in [0.29, 0.717) is 24.8 Å². The van der Waals surface area contributed by atoms with Crippen LogP contribution in [0.4, 0.5) is 0 Å². The van der Waals surface area contributed by atoms with Gasteiger partial charge in [-0.2, -0.15) is 0 Å². The topological polar surface area (TPSA) is 49.0 Å². The monoisotopic (exact) mass is 387 g/mol. The van der Waals surface area contributed by atoms with Crippen molar-refractivity contribution >= 4 is 33.2 Å². The highest BCUT2D eigenvalue weighted by atomic mass is 35.5. The normalized spacial score (nSPS) is 17.0. The predicted molar refractivity (Wildman–Crippen MR) is 108 cm³/mol. The highest BCUT2D eigenvalue weighted by Gasteiger charge is 2.23. The molecule has 4 rings (SSSR count). The summed E-state index contributed by atoms with van der Waals surface area (Å²) in [5, 5.41) is 1.57. The molecule has 0 spiro atoms. The summed E-state index contributed by atoms with van der Waals surface area (Å²) in [4.78, 5) is 24.8. The Labute approximate surface area is 161 Å². The van der Waals surface area contributed by atoms with Crippen LogP contribution in [0.25, 0.3) is 10.2 Å². The van der Waals surface area contributed by atoms with Crippen LogP contribution in [0.1, 0.15) is 35.2 Å². The molecule has 26 heavy (non-hydrogen) atoms. The lowest BCUT2D eigenvalue weighted by Crippen LogP contribution is -2.22. The number of hydrogen-bond acceptors (Lipinski definition) is 4.